The van der Waals surface area contributed by atoms with E-state index in [1.54, 1.807) is 0 Å². The Bertz CT molecular complexity index is 456. The van der Waals surface area contributed by atoms with Gasteiger partial charge in [0.1, 0.15) is 6.07 Å². The number of thiazole rings is 1. The predicted molar refractivity (Wildman–Crippen MR) is 56.0 cm³/mol. The number of nitrogens with zero attached hydrogens (tertiary/aromatic N) is 2. The van der Waals surface area contributed by atoms with E-state index in [0.717, 1.165) is 22.0 Å². The molecule has 0 bridgehead atoms. The normalized spacial score (nSPS) is 12.6. The van der Waals surface area contributed by atoms with E-state index in [1.165, 1.54) is 17.4 Å². The van der Waals surface area contributed by atoms with Crippen LogP contribution in [0.2, 0.25) is 0 Å². The largest absolute Gasteiger partial charge is 0.238 e. The molecule has 5 heteroatoms. The summed E-state index contributed by atoms with van der Waals surface area (Å²) in [6.45, 7) is 0. The second kappa shape index (κ2) is 3.95. The van der Waals surface area contributed by atoms with Gasteiger partial charge in [-0.2, -0.15) is 5.26 Å². The Kier molecular flexibility index (Phi) is 2.66. The van der Waals surface area contributed by atoms with Gasteiger partial charge in [-0.05, 0) is 23.9 Å². The number of thioether (sulfide) groups is 1. The summed E-state index contributed by atoms with van der Waals surface area (Å²) in [7, 11) is 0. The highest BCUT2D eigenvalue weighted by molar-refractivity contribution is 8.01. The van der Waals surface area contributed by atoms with Crippen molar-refractivity contribution in [3.05, 3.63) is 24.3 Å². The smallest absolute Gasteiger partial charge is 0.230 e. The molecule has 0 spiro atoms. The SMILES string of the molecule is N#CC(F)Sc1nc2ccccc2s1. The molecule has 2 nitrogen and oxygen atoms in total. The molecule has 14 heavy (non-hydrogen) atoms. The number of nitriles is 1. The molecule has 70 valence electrons. The maximum Gasteiger partial charge on any atom is 0.238 e. The van der Waals surface area contributed by atoms with Gasteiger partial charge in [0.05, 0.1) is 10.2 Å². The highest BCUT2D eigenvalue weighted by atomic mass is 32.2. The molecule has 1 atom stereocenters. The molecule has 0 aliphatic heterocycles. The zero-order chi connectivity index (χ0) is 9.97. The van der Waals surface area contributed by atoms with E-state index in [0.29, 0.717) is 4.34 Å². The van der Waals surface area contributed by atoms with Gasteiger partial charge < -0.3 is 0 Å². The highest BCUT2D eigenvalue weighted by Crippen LogP contribution is 2.31. The number of rotatable bonds is 2. The number of hydrogen-bond donors (Lipinski definition) is 0. The van der Waals surface area contributed by atoms with Crippen LogP contribution in [0.1, 0.15) is 0 Å². The van der Waals surface area contributed by atoms with Crippen molar-refractivity contribution in [1.82, 2.24) is 4.98 Å². The van der Waals surface area contributed by atoms with E-state index in [2.05, 4.69) is 4.98 Å². The van der Waals surface area contributed by atoms with Gasteiger partial charge in [0.2, 0.25) is 5.50 Å². The first-order valence-corrected chi connectivity index (χ1v) is 5.55. The van der Waals surface area contributed by atoms with Crippen molar-refractivity contribution in [3.8, 4) is 6.07 Å². The second-order valence-corrected chi connectivity index (χ2v) is 4.84. The Morgan fingerprint density at radius 1 is 1.50 bits per heavy atom. The summed E-state index contributed by atoms with van der Waals surface area (Å²) in [5.41, 5.74) is -0.680. The lowest BCUT2D eigenvalue weighted by Crippen LogP contribution is -1.85. The fraction of sp³-hybridized carbons (Fsp3) is 0.111. The molecule has 0 N–H and O–H groups in total. The van der Waals surface area contributed by atoms with E-state index in [-0.39, 0.29) is 0 Å². The molecule has 1 unspecified atom stereocenters. The predicted octanol–water partition coefficient (Wildman–Crippen LogP) is 3.21. The Morgan fingerprint density at radius 3 is 3.00 bits per heavy atom. The first-order valence-electron chi connectivity index (χ1n) is 3.85. The Hall–Kier alpha value is -1.12. The van der Waals surface area contributed by atoms with Gasteiger partial charge in [0, 0.05) is 0 Å². The zero-order valence-electron chi connectivity index (χ0n) is 6.98. The monoisotopic (exact) mass is 224 g/mol. The maximum atomic E-state index is 12.7. The number of fused-ring (bicyclic) bond motifs is 1. The van der Waals surface area contributed by atoms with E-state index < -0.39 is 5.50 Å². The first-order chi connectivity index (χ1) is 6.79. The molecule has 2 aromatic rings. The van der Waals surface area contributed by atoms with Crippen LogP contribution in [-0.4, -0.2) is 10.5 Å². The fourth-order valence-corrected chi connectivity index (χ4v) is 2.81. The summed E-state index contributed by atoms with van der Waals surface area (Å²) in [6.07, 6.45) is 0. The molecule has 0 amide bonds. The van der Waals surface area contributed by atoms with E-state index >= 15 is 0 Å². The Labute approximate surface area is 88.4 Å². The standard InChI is InChI=1S/C9H5FN2S2/c10-8(5-11)14-9-12-6-3-1-2-4-7(6)13-9/h1-4,8H. The number of benzene rings is 1. The van der Waals surface area contributed by atoms with E-state index in [4.69, 9.17) is 5.26 Å². The molecule has 0 aliphatic carbocycles. The number of aromatic nitrogens is 1. The van der Waals surface area contributed by atoms with Crippen molar-refractivity contribution < 1.29 is 4.39 Å². The van der Waals surface area contributed by atoms with Crippen molar-refractivity contribution in [2.45, 2.75) is 9.84 Å². The summed E-state index contributed by atoms with van der Waals surface area (Å²) >= 11 is 2.25. The van der Waals surface area contributed by atoms with E-state index in [1.807, 2.05) is 24.3 Å². The number of halogens is 1. The van der Waals surface area contributed by atoms with Crippen LogP contribution in [0.5, 0.6) is 0 Å². The zero-order valence-corrected chi connectivity index (χ0v) is 8.61. The Morgan fingerprint density at radius 2 is 2.29 bits per heavy atom. The topological polar surface area (TPSA) is 36.7 Å². The molecule has 0 saturated carbocycles. The molecule has 1 heterocycles. The number of hydrogen-bond acceptors (Lipinski definition) is 4. The molecule has 0 radical (unpaired) electrons. The third-order valence-electron chi connectivity index (χ3n) is 1.58. The van der Waals surface area contributed by atoms with Crippen molar-refractivity contribution in [3.63, 3.8) is 0 Å². The third kappa shape index (κ3) is 1.86. The molecular formula is C9H5FN2S2. The first kappa shape index (κ1) is 9.44. The van der Waals surface area contributed by atoms with Gasteiger partial charge in [-0.25, -0.2) is 9.37 Å². The molecule has 0 fully saturated rings. The summed E-state index contributed by atoms with van der Waals surface area (Å²) in [5, 5.41) is 8.30. The van der Waals surface area contributed by atoms with Crippen LogP contribution in [0.4, 0.5) is 4.39 Å². The minimum Gasteiger partial charge on any atom is -0.230 e. The number of alkyl halides is 1. The van der Waals surface area contributed by atoms with Gasteiger partial charge in [-0.1, -0.05) is 12.1 Å². The third-order valence-corrected chi connectivity index (χ3v) is 3.56. The molecule has 1 aromatic heterocycles. The van der Waals surface area contributed by atoms with Crippen molar-refractivity contribution in [1.29, 1.82) is 5.26 Å². The molecular weight excluding hydrogens is 219 g/mol. The fourth-order valence-electron chi connectivity index (χ4n) is 1.02. The minimum atomic E-state index is -1.53. The lowest BCUT2D eigenvalue weighted by atomic mass is 10.3. The van der Waals surface area contributed by atoms with Gasteiger partial charge in [-0.15, -0.1) is 11.3 Å². The van der Waals surface area contributed by atoms with Crippen LogP contribution in [0.3, 0.4) is 0 Å². The van der Waals surface area contributed by atoms with Crippen molar-refractivity contribution in [2.75, 3.05) is 0 Å². The van der Waals surface area contributed by atoms with Crippen LogP contribution in [-0.2, 0) is 0 Å². The lowest BCUT2D eigenvalue weighted by molar-refractivity contribution is 0.528. The average molecular weight is 224 g/mol. The summed E-state index contributed by atoms with van der Waals surface area (Å²) < 4.78 is 14.3. The van der Waals surface area contributed by atoms with Crippen LogP contribution < -0.4 is 0 Å². The minimum absolute atomic E-state index is 0.597. The molecule has 0 aliphatic rings. The van der Waals surface area contributed by atoms with Gasteiger partial charge in [0.15, 0.2) is 4.34 Å². The molecule has 1 aromatic carbocycles. The Balaban J connectivity index is 2.32. The lowest BCUT2D eigenvalue weighted by Gasteiger charge is -1.91. The van der Waals surface area contributed by atoms with Gasteiger partial charge in [-0.3, -0.25) is 0 Å². The van der Waals surface area contributed by atoms with Gasteiger partial charge in [0.25, 0.3) is 0 Å². The van der Waals surface area contributed by atoms with Crippen LogP contribution in [0.15, 0.2) is 28.6 Å². The summed E-state index contributed by atoms with van der Waals surface area (Å²) in [6, 6.07) is 9.11. The van der Waals surface area contributed by atoms with E-state index in [9.17, 15) is 4.39 Å². The second-order valence-electron chi connectivity index (χ2n) is 2.51. The summed E-state index contributed by atoms with van der Waals surface area (Å²) in [5.74, 6) is 0. The quantitative estimate of drug-likeness (QED) is 0.735. The molecule has 0 saturated heterocycles. The summed E-state index contributed by atoms with van der Waals surface area (Å²) in [4.78, 5) is 4.19. The van der Waals surface area contributed by atoms with Crippen molar-refractivity contribution >= 4 is 33.3 Å². The van der Waals surface area contributed by atoms with Crippen molar-refractivity contribution in [2.24, 2.45) is 0 Å². The molecule has 2 rings (SSSR count). The number of para-hydroxylation sites is 1. The van der Waals surface area contributed by atoms with Gasteiger partial charge >= 0.3 is 0 Å². The average Bonchev–Trinajstić information content (AvgIpc) is 2.59. The van der Waals surface area contributed by atoms with Crippen LogP contribution in [0.25, 0.3) is 10.2 Å². The van der Waals surface area contributed by atoms with Crippen LogP contribution in [0, 0.1) is 11.3 Å². The highest BCUT2D eigenvalue weighted by Gasteiger charge is 2.10. The maximum absolute atomic E-state index is 12.7. The van der Waals surface area contributed by atoms with Crippen LogP contribution >= 0.6 is 23.1 Å².